The summed E-state index contributed by atoms with van der Waals surface area (Å²) in [5.41, 5.74) is 1.16. The Bertz CT molecular complexity index is 653. The van der Waals surface area contributed by atoms with Crippen molar-refractivity contribution in [2.45, 2.75) is 13.5 Å². The van der Waals surface area contributed by atoms with Crippen molar-refractivity contribution in [1.82, 2.24) is 14.3 Å². The molecule has 1 aromatic heterocycles. The summed E-state index contributed by atoms with van der Waals surface area (Å²) < 4.78 is 15.1. The van der Waals surface area contributed by atoms with Crippen molar-refractivity contribution in [3.8, 4) is 11.5 Å². The zero-order valence-electron chi connectivity index (χ0n) is 13.8. The maximum Gasteiger partial charge on any atom is 0.205 e. The van der Waals surface area contributed by atoms with E-state index in [1.165, 1.54) is 11.5 Å². The Morgan fingerprint density at radius 2 is 1.91 bits per heavy atom. The van der Waals surface area contributed by atoms with Gasteiger partial charge in [-0.1, -0.05) is 0 Å². The Balaban J connectivity index is 1.62. The Kier molecular flexibility index (Phi) is 4.97. The van der Waals surface area contributed by atoms with Crippen LogP contribution in [0.3, 0.4) is 0 Å². The molecule has 0 unspecified atom stereocenters. The Labute approximate surface area is 140 Å². The van der Waals surface area contributed by atoms with Gasteiger partial charge in [0.15, 0.2) is 0 Å². The Morgan fingerprint density at radius 1 is 1.13 bits per heavy atom. The topological polar surface area (TPSA) is 50.7 Å². The summed E-state index contributed by atoms with van der Waals surface area (Å²) in [6, 6.07) is 5.95. The number of hydrogen-bond acceptors (Lipinski definition) is 7. The van der Waals surface area contributed by atoms with Gasteiger partial charge in [0.05, 0.1) is 14.2 Å². The summed E-state index contributed by atoms with van der Waals surface area (Å²) >= 11 is 1.48. The van der Waals surface area contributed by atoms with Crippen molar-refractivity contribution >= 4 is 16.7 Å². The van der Waals surface area contributed by atoms with Crippen LogP contribution >= 0.6 is 11.5 Å². The average Bonchev–Trinajstić information content (AvgIpc) is 3.02. The number of rotatable bonds is 5. The number of ether oxygens (including phenoxy) is 2. The molecule has 23 heavy (non-hydrogen) atoms. The Morgan fingerprint density at radius 3 is 2.52 bits per heavy atom. The van der Waals surface area contributed by atoms with Crippen molar-refractivity contribution in [1.29, 1.82) is 0 Å². The second-order valence-corrected chi connectivity index (χ2v) is 6.30. The highest BCUT2D eigenvalue weighted by Crippen LogP contribution is 2.26. The van der Waals surface area contributed by atoms with Crippen LogP contribution in [-0.2, 0) is 6.54 Å². The quantitative estimate of drug-likeness (QED) is 0.835. The second-order valence-electron chi connectivity index (χ2n) is 5.57. The van der Waals surface area contributed by atoms with E-state index in [1.54, 1.807) is 14.2 Å². The summed E-state index contributed by atoms with van der Waals surface area (Å²) in [7, 11) is 3.40. The molecule has 124 valence electrons. The summed E-state index contributed by atoms with van der Waals surface area (Å²) in [4.78, 5) is 9.21. The molecule has 0 atom stereocenters. The first kappa shape index (κ1) is 16.0. The third-order valence-electron chi connectivity index (χ3n) is 4.04. The first-order valence-electron chi connectivity index (χ1n) is 7.68. The highest BCUT2D eigenvalue weighted by Gasteiger charge is 2.20. The van der Waals surface area contributed by atoms with Gasteiger partial charge in [0.2, 0.25) is 5.13 Å². The smallest absolute Gasteiger partial charge is 0.205 e. The fourth-order valence-corrected chi connectivity index (χ4v) is 3.48. The molecule has 0 amide bonds. The van der Waals surface area contributed by atoms with E-state index in [4.69, 9.17) is 9.47 Å². The number of methoxy groups -OCH3 is 2. The zero-order chi connectivity index (χ0) is 16.2. The van der Waals surface area contributed by atoms with Crippen LogP contribution in [-0.4, -0.2) is 54.7 Å². The minimum Gasteiger partial charge on any atom is -0.497 e. The molecule has 3 rings (SSSR count). The monoisotopic (exact) mass is 334 g/mol. The number of aromatic nitrogens is 2. The van der Waals surface area contributed by atoms with Gasteiger partial charge in [0.1, 0.15) is 17.3 Å². The fourth-order valence-electron chi connectivity index (χ4n) is 2.76. The van der Waals surface area contributed by atoms with E-state index in [2.05, 4.69) is 25.2 Å². The van der Waals surface area contributed by atoms with Crippen molar-refractivity contribution in [2.24, 2.45) is 0 Å². The molecule has 1 aromatic carbocycles. The standard InChI is InChI=1S/C16H22N4O2S/c1-12-17-16(23-18-12)20-8-6-19(7-9-20)11-13-10-14(21-2)4-5-15(13)22-3/h4-5,10H,6-9,11H2,1-3H3. The van der Waals surface area contributed by atoms with Crippen molar-refractivity contribution in [3.63, 3.8) is 0 Å². The molecule has 2 aromatic rings. The molecular formula is C16H22N4O2S. The van der Waals surface area contributed by atoms with Gasteiger partial charge in [-0.2, -0.15) is 4.37 Å². The van der Waals surface area contributed by atoms with Gasteiger partial charge in [-0.25, -0.2) is 4.98 Å². The van der Waals surface area contributed by atoms with E-state index in [9.17, 15) is 0 Å². The van der Waals surface area contributed by atoms with Crippen LogP contribution in [0.15, 0.2) is 18.2 Å². The molecule has 0 saturated carbocycles. The molecule has 7 heteroatoms. The third-order valence-corrected chi connectivity index (χ3v) is 4.91. The van der Waals surface area contributed by atoms with E-state index >= 15 is 0 Å². The maximum absolute atomic E-state index is 5.47. The SMILES string of the molecule is COc1ccc(OC)c(CN2CCN(c3nc(C)ns3)CC2)c1. The van der Waals surface area contributed by atoms with Gasteiger partial charge < -0.3 is 14.4 Å². The van der Waals surface area contributed by atoms with E-state index in [0.717, 1.165) is 60.7 Å². The molecule has 1 aliphatic heterocycles. The fraction of sp³-hybridized carbons (Fsp3) is 0.500. The zero-order valence-corrected chi connectivity index (χ0v) is 14.6. The largest absolute Gasteiger partial charge is 0.497 e. The lowest BCUT2D eigenvalue weighted by molar-refractivity contribution is 0.245. The molecule has 0 radical (unpaired) electrons. The normalized spacial score (nSPS) is 15.7. The van der Waals surface area contributed by atoms with Gasteiger partial charge in [-0.05, 0) is 25.1 Å². The molecule has 0 spiro atoms. The minimum absolute atomic E-state index is 0.855. The number of anilines is 1. The number of benzene rings is 1. The van der Waals surface area contributed by atoms with Crippen LogP contribution in [0.4, 0.5) is 5.13 Å². The molecule has 1 fully saturated rings. The lowest BCUT2D eigenvalue weighted by atomic mass is 10.1. The predicted molar refractivity (Wildman–Crippen MR) is 91.7 cm³/mol. The molecular weight excluding hydrogens is 312 g/mol. The molecule has 0 aliphatic carbocycles. The van der Waals surface area contributed by atoms with Gasteiger partial charge in [-0.15, -0.1) is 0 Å². The molecule has 0 bridgehead atoms. The molecule has 1 saturated heterocycles. The number of piperazine rings is 1. The van der Waals surface area contributed by atoms with E-state index in [1.807, 2.05) is 19.1 Å². The van der Waals surface area contributed by atoms with Crippen molar-refractivity contribution in [2.75, 3.05) is 45.3 Å². The highest BCUT2D eigenvalue weighted by molar-refractivity contribution is 7.09. The van der Waals surface area contributed by atoms with E-state index in [0.29, 0.717) is 0 Å². The lowest BCUT2D eigenvalue weighted by Crippen LogP contribution is -2.46. The van der Waals surface area contributed by atoms with E-state index in [-0.39, 0.29) is 0 Å². The number of nitrogens with zero attached hydrogens (tertiary/aromatic N) is 4. The summed E-state index contributed by atoms with van der Waals surface area (Å²) in [5.74, 6) is 2.63. The summed E-state index contributed by atoms with van der Waals surface area (Å²) in [6.07, 6.45) is 0. The third kappa shape index (κ3) is 3.73. The first-order valence-corrected chi connectivity index (χ1v) is 8.45. The molecule has 2 heterocycles. The number of aryl methyl sites for hydroxylation is 1. The van der Waals surface area contributed by atoms with E-state index < -0.39 is 0 Å². The van der Waals surface area contributed by atoms with Crippen LogP contribution in [0.25, 0.3) is 0 Å². The second kappa shape index (κ2) is 7.14. The summed E-state index contributed by atoms with van der Waals surface area (Å²) in [5, 5.41) is 1.03. The first-order chi connectivity index (χ1) is 11.2. The van der Waals surface area contributed by atoms with Crippen LogP contribution < -0.4 is 14.4 Å². The van der Waals surface area contributed by atoms with Crippen molar-refractivity contribution in [3.05, 3.63) is 29.6 Å². The van der Waals surface area contributed by atoms with Crippen molar-refractivity contribution < 1.29 is 9.47 Å². The Hall–Kier alpha value is -1.86. The van der Waals surface area contributed by atoms with Gasteiger partial charge in [0.25, 0.3) is 0 Å². The van der Waals surface area contributed by atoms with Crippen LogP contribution in [0.5, 0.6) is 11.5 Å². The van der Waals surface area contributed by atoms with Crippen LogP contribution in [0.2, 0.25) is 0 Å². The van der Waals surface area contributed by atoms with Crippen LogP contribution in [0, 0.1) is 6.92 Å². The molecule has 0 N–H and O–H groups in total. The molecule has 1 aliphatic rings. The average molecular weight is 334 g/mol. The highest BCUT2D eigenvalue weighted by atomic mass is 32.1. The molecule has 6 nitrogen and oxygen atoms in total. The summed E-state index contributed by atoms with van der Waals surface area (Å²) in [6.45, 7) is 6.74. The predicted octanol–water partition coefficient (Wildman–Crippen LogP) is 2.19. The van der Waals surface area contributed by atoms with Crippen LogP contribution in [0.1, 0.15) is 11.4 Å². The lowest BCUT2D eigenvalue weighted by Gasteiger charge is -2.34. The number of hydrogen-bond donors (Lipinski definition) is 0. The minimum atomic E-state index is 0.855. The maximum atomic E-state index is 5.47. The van der Waals surface area contributed by atoms with Gasteiger partial charge in [0, 0.05) is 49.8 Å². The van der Waals surface area contributed by atoms with Gasteiger partial charge >= 0.3 is 0 Å². The van der Waals surface area contributed by atoms with Gasteiger partial charge in [-0.3, -0.25) is 4.90 Å².